The topological polar surface area (TPSA) is 64.3 Å². The summed E-state index contributed by atoms with van der Waals surface area (Å²) in [5.41, 5.74) is 0.0364. The standard InChI is InChI=1S/C19H18FN3O3S/c1-12-10-13(4-5-14(12)20)23-18(25)17-15(6-9-27-17)22(19(23)26)11-16(24)21-7-2-3-8-21/h4-6,9-10H,2-3,7-8,11H2,1H3. The Morgan fingerprint density at radius 1 is 1.19 bits per heavy atom. The molecule has 0 spiro atoms. The number of aryl methyl sites for hydroxylation is 1. The maximum atomic E-state index is 13.6. The molecule has 27 heavy (non-hydrogen) atoms. The van der Waals surface area contributed by atoms with Crippen molar-refractivity contribution in [2.24, 2.45) is 0 Å². The molecule has 1 aliphatic rings. The molecule has 0 aliphatic carbocycles. The summed E-state index contributed by atoms with van der Waals surface area (Å²) in [5.74, 6) is -0.545. The number of carbonyl (C=O) groups excluding carboxylic acids is 1. The molecule has 1 amide bonds. The first-order chi connectivity index (χ1) is 13.0. The predicted molar refractivity (Wildman–Crippen MR) is 102 cm³/mol. The number of thiophene rings is 1. The predicted octanol–water partition coefficient (Wildman–Crippen LogP) is 2.28. The summed E-state index contributed by atoms with van der Waals surface area (Å²) in [6.45, 7) is 2.84. The van der Waals surface area contributed by atoms with Crippen LogP contribution in [0.2, 0.25) is 0 Å². The zero-order valence-electron chi connectivity index (χ0n) is 14.8. The third-order valence-electron chi connectivity index (χ3n) is 4.91. The second-order valence-corrected chi connectivity index (χ2v) is 7.58. The van der Waals surface area contributed by atoms with Crippen molar-refractivity contribution in [2.45, 2.75) is 26.3 Å². The van der Waals surface area contributed by atoms with Crippen molar-refractivity contribution in [3.05, 3.63) is 61.9 Å². The smallest absolute Gasteiger partial charge is 0.336 e. The highest BCUT2D eigenvalue weighted by Gasteiger charge is 2.22. The van der Waals surface area contributed by atoms with Gasteiger partial charge in [-0.25, -0.2) is 13.8 Å². The van der Waals surface area contributed by atoms with Crippen molar-refractivity contribution in [2.75, 3.05) is 13.1 Å². The van der Waals surface area contributed by atoms with E-state index in [9.17, 15) is 18.8 Å². The van der Waals surface area contributed by atoms with E-state index >= 15 is 0 Å². The molecule has 1 fully saturated rings. The molecule has 0 radical (unpaired) electrons. The molecule has 8 heteroatoms. The highest BCUT2D eigenvalue weighted by atomic mass is 32.1. The minimum absolute atomic E-state index is 0.119. The van der Waals surface area contributed by atoms with E-state index in [0.29, 0.717) is 34.6 Å². The van der Waals surface area contributed by atoms with E-state index in [0.717, 1.165) is 17.4 Å². The van der Waals surface area contributed by atoms with Gasteiger partial charge in [0.05, 0.1) is 11.2 Å². The normalized spacial score (nSPS) is 14.2. The lowest BCUT2D eigenvalue weighted by Gasteiger charge is -2.17. The zero-order chi connectivity index (χ0) is 19.1. The maximum Gasteiger partial charge on any atom is 0.336 e. The fourth-order valence-corrected chi connectivity index (χ4v) is 4.26. The number of hydrogen-bond acceptors (Lipinski definition) is 4. The zero-order valence-corrected chi connectivity index (χ0v) is 15.6. The van der Waals surface area contributed by atoms with E-state index in [1.54, 1.807) is 23.3 Å². The van der Waals surface area contributed by atoms with Gasteiger partial charge in [-0.1, -0.05) is 0 Å². The third-order valence-corrected chi connectivity index (χ3v) is 5.80. The molecule has 3 aromatic rings. The molecule has 0 saturated carbocycles. The third kappa shape index (κ3) is 2.99. The summed E-state index contributed by atoms with van der Waals surface area (Å²) in [5, 5.41) is 1.72. The minimum atomic E-state index is -0.593. The summed E-state index contributed by atoms with van der Waals surface area (Å²) in [7, 11) is 0. The number of rotatable bonds is 3. The average Bonchev–Trinajstić information content (AvgIpc) is 3.33. The first-order valence-corrected chi connectivity index (χ1v) is 9.62. The van der Waals surface area contributed by atoms with Gasteiger partial charge in [0.15, 0.2) is 0 Å². The summed E-state index contributed by atoms with van der Waals surface area (Å²) >= 11 is 1.22. The second-order valence-electron chi connectivity index (χ2n) is 6.67. The van der Waals surface area contributed by atoms with Gasteiger partial charge in [-0.3, -0.25) is 14.2 Å². The largest absolute Gasteiger partial charge is 0.341 e. The van der Waals surface area contributed by atoms with E-state index < -0.39 is 17.1 Å². The van der Waals surface area contributed by atoms with Crippen LogP contribution in [-0.2, 0) is 11.3 Å². The average molecular weight is 387 g/mol. The van der Waals surface area contributed by atoms with Gasteiger partial charge in [0, 0.05) is 13.1 Å². The van der Waals surface area contributed by atoms with Crippen LogP contribution < -0.4 is 11.2 Å². The maximum absolute atomic E-state index is 13.6. The minimum Gasteiger partial charge on any atom is -0.341 e. The number of carbonyl (C=O) groups is 1. The number of amides is 1. The number of likely N-dealkylation sites (tertiary alicyclic amines) is 1. The van der Waals surface area contributed by atoms with Crippen LogP contribution in [0.5, 0.6) is 0 Å². The Morgan fingerprint density at radius 3 is 2.63 bits per heavy atom. The Bertz CT molecular complexity index is 1160. The molecule has 0 N–H and O–H groups in total. The first kappa shape index (κ1) is 17.7. The summed E-state index contributed by atoms with van der Waals surface area (Å²) < 4.78 is 16.4. The van der Waals surface area contributed by atoms with Gasteiger partial charge >= 0.3 is 5.69 Å². The van der Waals surface area contributed by atoms with Gasteiger partial charge in [0.1, 0.15) is 17.1 Å². The lowest BCUT2D eigenvalue weighted by molar-refractivity contribution is -0.130. The first-order valence-electron chi connectivity index (χ1n) is 8.75. The quantitative estimate of drug-likeness (QED) is 0.693. The Kier molecular flexibility index (Phi) is 4.43. The molecule has 1 saturated heterocycles. The number of nitrogens with zero attached hydrogens (tertiary/aromatic N) is 3. The molecular weight excluding hydrogens is 369 g/mol. The lowest BCUT2D eigenvalue weighted by Crippen LogP contribution is -2.42. The van der Waals surface area contributed by atoms with E-state index in [-0.39, 0.29) is 12.5 Å². The van der Waals surface area contributed by atoms with Crippen molar-refractivity contribution < 1.29 is 9.18 Å². The van der Waals surface area contributed by atoms with Gasteiger partial charge in [-0.2, -0.15) is 0 Å². The van der Waals surface area contributed by atoms with Crippen molar-refractivity contribution in [1.29, 1.82) is 0 Å². The molecule has 2 aromatic heterocycles. The van der Waals surface area contributed by atoms with Crippen molar-refractivity contribution >= 4 is 27.5 Å². The fraction of sp³-hybridized carbons (Fsp3) is 0.316. The van der Waals surface area contributed by atoms with Crippen molar-refractivity contribution in [3.63, 3.8) is 0 Å². The Balaban J connectivity index is 1.90. The fourth-order valence-electron chi connectivity index (χ4n) is 3.44. The molecule has 0 atom stereocenters. The van der Waals surface area contributed by atoms with Crippen LogP contribution >= 0.6 is 11.3 Å². The number of fused-ring (bicyclic) bond motifs is 1. The van der Waals surface area contributed by atoms with Crippen LogP contribution in [0.3, 0.4) is 0 Å². The molecule has 1 aliphatic heterocycles. The van der Waals surface area contributed by atoms with Crippen LogP contribution in [0.4, 0.5) is 4.39 Å². The van der Waals surface area contributed by atoms with Gasteiger partial charge in [-0.05, 0) is 55.0 Å². The van der Waals surface area contributed by atoms with Gasteiger partial charge in [0.25, 0.3) is 5.56 Å². The van der Waals surface area contributed by atoms with Crippen LogP contribution in [-0.4, -0.2) is 33.0 Å². The molecule has 1 aromatic carbocycles. The van der Waals surface area contributed by atoms with E-state index in [1.807, 2.05) is 0 Å². The highest BCUT2D eigenvalue weighted by molar-refractivity contribution is 7.17. The number of halogens is 1. The number of benzene rings is 1. The Morgan fingerprint density at radius 2 is 1.93 bits per heavy atom. The number of hydrogen-bond donors (Lipinski definition) is 0. The molecular formula is C19H18FN3O3S. The SMILES string of the molecule is Cc1cc(-n2c(=O)c3sccc3n(CC(=O)N3CCCC3)c2=O)ccc1F. The van der Waals surface area contributed by atoms with E-state index in [4.69, 9.17) is 0 Å². The van der Waals surface area contributed by atoms with Gasteiger partial charge in [-0.15, -0.1) is 11.3 Å². The highest BCUT2D eigenvalue weighted by Crippen LogP contribution is 2.18. The molecule has 140 valence electrons. The Labute approximate surface area is 158 Å². The van der Waals surface area contributed by atoms with Crippen LogP contribution in [0, 0.1) is 12.7 Å². The summed E-state index contributed by atoms with van der Waals surface area (Å²) in [6.07, 6.45) is 1.92. The molecule has 4 rings (SSSR count). The molecule has 6 nitrogen and oxygen atoms in total. The molecule has 0 unspecified atom stereocenters. The molecule has 0 bridgehead atoms. The van der Waals surface area contributed by atoms with Gasteiger partial charge < -0.3 is 4.90 Å². The molecule has 3 heterocycles. The summed E-state index contributed by atoms with van der Waals surface area (Å²) in [4.78, 5) is 40.3. The van der Waals surface area contributed by atoms with Crippen molar-refractivity contribution in [3.8, 4) is 5.69 Å². The van der Waals surface area contributed by atoms with E-state index in [2.05, 4.69) is 0 Å². The number of aromatic nitrogens is 2. The lowest BCUT2D eigenvalue weighted by atomic mass is 10.2. The Hall–Kier alpha value is -2.74. The second kappa shape index (κ2) is 6.77. The van der Waals surface area contributed by atoms with Crippen LogP contribution in [0.25, 0.3) is 15.9 Å². The van der Waals surface area contributed by atoms with Crippen LogP contribution in [0.1, 0.15) is 18.4 Å². The summed E-state index contributed by atoms with van der Waals surface area (Å²) in [6, 6.07) is 5.77. The van der Waals surface area contributed by atoms with Crippen LogP contribution in [0.15, 0.2) is 39.2 Å². The van der Waals surface area contributed by atoms with E-state index in [1.165, 1.54) is 34.1 Å². The van der Waals surface area contributed by atoms with Crippen molar-refractivity contribution in [1.82, 2.24) is 14.0 Å². The van der Waals surface area contributed by atoms with Gasteiger partial charge in [0.2, 0.25) is 5.91 Å². The monoisotopic (exact) mass is 387 g/mol.